The molecule has 2 nitrogen and oxygen atoms in total. The Balaban J connectivity index is 0.000000431. The number of likely N-dealkylation sites (N-methyl/N-ethyl adjacent to an activating group) is 2. The summed E-state index contributed by atoms with van der Waals surface area (Å²) in [7, 11) is 4.14. The van der Waals surface area contributed by atoms with E-state index in [1.807, 2.05) is 32.1 Å². The molecule has 2 atom stereocenters. The first-order valence-electron chi connectivity index (χ1n) is 12.5. The first-order valence-corrected chi connectivity index (χ1v) is 13.9. The number of hydrogen-bond donors (Lipinski definition) is 0. The van der Waals surface area contributed by atoms with E-state index in [9.17, 15) is 0 Å². The van der Waals surface area contributed by atoms with Gasteiger partial charge in [0.05, 0.1) is 6.17 Å². The van der Waals surface area contributed by atoms with Crippen molar-refractivity contribution in [2.45, 2.75) is 43.9 Å². The van der Waals surface area contributed by atoms with Crippen LogP contribution in [-0.2, 0) is 17.1 Å². The van der Waals surface area contributed by atoms with E-state index in [0.717, 1.165) is 0 Å². The summed E-state index contributed by atoms with van der Waals surface area (Å²) in [5.41, 5.74) is 1.51. The zero-order valence-corrected chi connectivity index (χ0v) is 22.6. The van der Waals surface area contributed by atoms with Crippen molar-refractivity contribution < 1.29 is 17.1 Å². The third kappa shape index (κ3) is 6.08. The molecule has 0 N–H and O–H groups in total. The Hall–Kier alpha value is -0.691. The summed E-state index contributed by atoms with van der Waals surface area (Å²) in [5, 5.41) is 2.86. The largest absolute Gasteiger partial charge is 2.00 e. The van der Waals surface area contributed by atoms with E-state index in [4.69, 9.17) is 0 Å². The van der Waals surface area contributed by atoms with Crippen molar-refractivity contribution in [3.8, 4) is 0 Å². The molecule has 0 aromatic heterocycles. The molecule has 4 fully saturated rings. The predicted molar refractivity (Wildman–Crippen MR) is 145 cm³/mol. The molecular formula is C31H35FeN2P+2. The van der Waals surface area contributed by atoms with Crippen LogP contribution in [0.1, 0.15) is 25.7 Å². The first-order chi connectivity index (χ1) is 16.8. The molecule has 35 heavy (non-hydrogen) atoms. The second-order valence-corrected chi connectivity index (χ2v) is 11.6. The normalized spacial score (nSPS) is 26.4. The van der Waals surface area contributed by atoms with Gasteiger partial charge in [-0.1, -0.05) is 73.5 Å². The summed E-state index contributed by atoms with van der Waals surface area (Å²) in [4.78, 5) is 5.32. The maximum Gasteiger partial charge on any atom is 2.00 e. The SMILES string of the molecule is CN1C([C]2[CH][CH][CH][C]2P(c2ccccc2)c2ccccc2)N(C)[C@H]2CCCC[C@@H]21.[CH]1[CH][CH][CH][CH]1.[Fe+2]. The van der Waals surface area contributed by atoms with Gasteiger partial charge < -0.3 is 0 Å². The molecule has 10 radical (unpaired) electrons. The smallest absolute Gasteiger partial charge is 0.286 e. The Kier molecular flexibility index (Phi) is 10.3. The second-order valence-electron chi connectivity index (χ2n) is 9.46. The molecule has 1 saturated heterocycles. The number of hydrogen-bond acceptors (Lipinski definition) is 2. The minimum Gasteiger partial charge on any atom is -0.286 e. The van der Waals surface area contributed by atoms with Crippen molar-refractivity contribution in [2.75, 3.05) is 14.1 Å². The van der Waals surface area contributed by atoms with Crippen LogP contribution in [-0.4, -0.2) is 42.1 Å². The van der Waals surface area contributed by atoms with Gasteiger partial charge >= 0.3 is 17.1 Å². The molecular weight excluding hydrogens is 487 g/mol. The van der Waals surface area contributed by atoms with Gasteiger partial charge in [-0.15, -0.1) is 0 Å². The molecule has 180 valence electrons. The molecule has 6 rings (SSSR count). The molecule has 2 aromatic rings. The van der Waals surface area contributed by atoms with E-state index in [1.165, 1.54) is 47.9 Å². The molecule has 4 aliphatic rings. The molecule has 0 amide bonds. The van der Waals surface area contributed by atoms with E-state index in [1.54, 1.807) is 0 Å². The fraction of sp³-hybridized carbons (Fsp3) is 0.290. The van der Waals surface area contributed by atoms with Gasteiger partial charge in [0.15, 0.2) is 0 Å². The van der Waals surface area contributed by atoms with Crippen LogP contribution >= 0.6 is 7.92 Å². The van der Waals surface area contributed by atoms with Gasteiger partial charge in [0.1, 0.15) is 0 Å². The van der Waals surface area contributed by atoms with E-state index in [-0.39, 0.29) is 17.1 Å². The number of benzene rings is 2. The molecule has 4 heteroatoms. The molecule has 0 unspecified atom stereocenters. The van der Waals surface area contributed by atoms with Crippen LogP contribution in [0.25, 0.3) is 0 Å². The number of rotatable bonds is 4. The third-order valence-electron chi connectivity index (χ3n) is 7.44. The van der Waals surface area contributed by atoms with Gasteiger partial charge in [0.2, 0.25) is 0 Å². The minimum absolute atomic E-state index is 0. The van der Waals surface area contributed by atoms with Gasteiger partial charge in [-0.3, -0.25) is 9.80 Å². The van der Waals surface area contributed by atoms with Gasteiger partial charge in [-0.05, 0) is 96.8 Å². The van der Waals surface area contributed by atoms with Crippen molar-refractivity contribution in [1.29, 1.82) is 0 Å². The average Bonchev–Trinajstić information content (AvgIpc) is 3.65. The van der Waals surface area contributed by atoms with Crippen LogP contribution in [0.15, 0.2) is 60.7 Å². The zero-order chi connectivity index (χ0) is 23.3. The minimum atomic E-state index is -0.559. The summed E-state index contributed by atoms with van der Waals surface area (Å²) in [5.74, 6) is 1.50. The number of fused-ring (bicyclic) bond motifs is 1. The molecule has 0 spiro atoms. The van der Waals surface area contributed by atoms with Gasteiger partial charge in [-0.25, -0.2) is 0 Å². The molecule has 0 bridgehead atoms. The van der Waals surface area contributed by atoms with Crippen molar-refractivity contribution in [2.24, 2.45) is 0 Å². The molecule has 1 heterocycles. The Bertz CT molecular complexity index is 809. The van der Waals surface area contributed by atoms with Gasteiger partial charge in [0, 0.05) is 23.7 Å². The van der Waals surface area contributed by atoms with Crippen LogP contribution in [0, 0.1) is 62.9 Å². The van der Waals surface area contributed by atoms with Crippen LogP contribution in [0.4, 0.5) is 0 Å². The standard InChI is InChI=1S/C26H30N2P.C5H5.Fe/c1-27-23-17-9-10-18-24(23)28(2)26(27)22-16-11-19-25(22)29(20-12-5-3-6-13-20)21-14-7-4-8-15-21;1-2-4-5-3-1;/h3-8,11-16,19,23-24,26H,9-10,17-18H2,1-2H3;1-5H;/q;;+2/t23-,24-;;/m0../s1. The van der Waals surface area contributed by atoms with E-state index in [2.05, 4.69) is 104 Å². The van der Waals surface area contributed by atoms with Crippen molar-refractivity contribution in [3.05, 3.63) is 124 Å². The first kappa shape index (κ1) is 27.3. The summed E-state index contributed by atoms with van der Waals surface area (Å²) < 4.78 is 0. The van der Waals surface area contributed by atoms with Gasteiger partial charge in [-0.2, -0.15) is 0 Å². The Morgan fingerprint density at radius 3 is 1.54 bits per heavy atom. The fourth-order valence-corrected chi connectivity index (χ4v) is 8.36. The average molecular weight is 522 g/mol. The van der Waals surface area contributed by atoms with E-state index >= 15 is 0 Å². The molecule has 2 aromatic carbocycles. The monoisotopic (exact) mass is 522 g/mol. The van der Waals surface area contributed by atoms with Crippen molar-refractivity contribution >= 4 is 18.5 Å². The predicted octanol–water partition coefficient (Wildman–Crippen LogP) is 5.39. The summed E-state index contributed by atoms with van der Waals surface area (Å²) in [6.45, 7) is 0. The summed E-state index contributed by atoms with van der Waals surface area (Å²) >= 11 is 0. The van der Waals surface area contributed by atoms with Crippen LogP contribution < -0.4 is 10.6 Å². The van der Waals surface area contributed by atoms with Crippen molar-refractivity contribution in [3.63, 3.8) is 0 Å². The molecule has 1 aliphatic heterocycles. The third-order valence-corrected chi connectivity index (χ3v) is 9.96. The Labute approximate surface area is 226 Å². The summed E-state index contributed by atoms with van der Waals surface area (Å²) in [6.07, 6.45) is 22.8. The fourth-order valence-electron chi connectivity index (χ4n) is 5.88. The van der Waals surface area contributed by atoms with E-state index in [0.29, 0.717) is 18.2 Å². The maximum absolute atomic E-state index is 2.66. The Morgan fingerprint density at radius 1 is 0.629 bits per heavy atom. The second kappa shape index (κ2) is 13.2. The number of nitrogens with zero attached hydrogens (tertiary/aromatic N) is 2. The quantitative estimate of drug-likeness (QED) is 0.393. The van der Waals surface area contributed by atoms with Crippen molar-refractivity contribution in [1.82, 2.24) is 9.80 Å². The van der Waals surface area contributed by atoms with Crippen LogP contribution in [0.5, 0.6) is 0 Å². The van der Waals surface area contributed by atoms with Gasteiger partial charge in [0.25, 0.3) is 0 Å². The summed E-state index contributed by atoms with van der Waals surface area (Å²) in [6, 6.07) is 23.6. The topological polar surface area (TPSA) is 6.48 Å². The van der Waals surface area contributed by atoms with Crippen LogP contribution in [0.3, 0.4) is 0 Å². The Morgan fingerprint density at radius 2 is 1.09 bits per heavy atom. The molecule has 3 saturated carbocycles. The van der Waals surface area contributed by atoms with Crippen LogP contribution in [0.2, 0.25) is 0 Å². The maximum atomic E-state index is 2.66. The van der Waals surface area contributed by atoms with E-state index < -0.39 is 7.92 Å². The zero-order valence-electron chi connectivity index (χ0n) is 20.6. The molecule has 3 aliphatic carbocycles.